The molecule has 6 rings (SSSR count). The average Bonchev–Trinajstić information content (AvgIpc) is 2.85. The molecular weight excluding hydrogens is 478 g/mol. The summed E-state index contributed by atoms with van der Waals surface area (Å²) in [7, 11) is 1.63. The van der Waals surface area contributed by atoms with Crippen LogP contribution in [0.5, 0.6) is 0 Å². The number of nitrogens with one attached hydrogen (secondary N) is 1. The summed E-state index contributed by atoms with van der Waals surface area (Å²) in [5, 5.41) is 12.0. The number of benzene rings is 2. The minimum atomic E-state index is -0.999. The smallest absolute Gasteiger partial charge is 0.335 e. The Labute approximate surface area is 216 Å². The summed E-state index contributed by atoms with van der Waals surface area (Å²) in [5.41, 5.74) is 2.73. The zero-order valence-electron chi connectivity index (χ0n) is 20.5. The van der Waals surface area contributed by atoms with Crippen molar-refractivity contribution in [3.8, 4) is 0 Å². The fourth-order valence-electron chi connectivity index (χ4n) is 6.83. The zero-order valence-corrected chi connectivity index (χ0v) is 21.4. The van der Waals surface area contributed by atoms with Crippen molar-refractivity contribution in [2.24, 2.45) is 17.8 Å². The molecule has 36 heavy (non-hydrogen) atoms. The molecule has 0 aromatic heterocycles. The molecular formula is C28H33NO6S. The minimum absolute atomic E-state index is 0.140. The van der Waals surface area contributed by atoms with Crippen LogP contribution in [0, 0.1) is 17.8 Å². The van der Waals surface area contributed by atoms with Gasteiger partial charge in [-0.2, -0.15) is 0 Å². The first kappa shape index (κ1) is 25.3. The normalized spacial score (nSPS) is 26.2. The molecule has 7 nitrogen and oxygen atoms in total. The highest BCUT2D eigenvalue weighted by atomic mass is 32.2. The number of carbonyl (C=O) groups excluding carboxylic acids is 1. The van der Waals surface area contributed by atoms with Crippen molar-refractivity contribution in [2.75, 3.05) is 32.4 Å². The van der Waals surface area contributed by atoms with Crippen molar-refractivity contribution in [1.82, 2.24) is 0 Å². The summed E-state index contributed by atoms with van der Waals surface area (Å²) >= 11 is 1.29. The minimum Gasteiger partial charge on any atom is -0.478 e. The molecule has 0 atom stereocenters. The number of anilines is 1. The van der Waals surface area contributed by atoms with Crippen LogP contribution >= 0.6 is 12.0 Å². The van der Waals surface area contributed by atoms with Crippen LogP contribution in [0.3, 0.4) is 0 Å². The van der Waals surface area contributed by atoms with Crippen LogP contribution < -0.4 is 5.32 Å². The van der Waals surface area contributed by atoms with Gasteiger partial charge in [0.05, 0.1) is 18.8 Å². The van der Waals surface area contributed by atoms with E-state index in [1.165, 1.54) is 68.3 Å². The Morgan fingerprint density at radius 1 is 0.972 bits per heavy atom. The van der Waals surface area contributed by atoms with Gasteiger partial charge < -0.3 is 19.9 Å². The fourth-order valence-corrected chi connectivity index (χ4v) is 7.63. The SMILES string of the molecule is COCCOCOSc1cc(C(=O)Nc2ccc(C(=O)O)cc2)ccc1C12CC3CC(CC(C3)C1)C2. The Balaban J connectivity index is 1.36. The van der Waals surface area contributed by atoms with Gasteiger partial charge in [0.2, 0.25) is 0 Å². The van der Waals surface area contributed by atoms with Gasteiger partial charge in [0, 0.05) is 35.3 Å². The molecule has 2 N–H and O–H groups in total. The lowest BCUT2D eigenvalue weighted by Gasteiger charge is -2.57. The summed E-state index contributed by atoms with van der Waals surface area (Å²) in [6, 6.07) is 12.1. The number of carbonyl (C=O) groups is 2. The Hall–Kier alpha value is -2.39. The summed E-state index contributed by atoms with van der Waals surface area (Å²) in [5.74, 6) is 1.19. The topological polar surface area (TPSA) is 94.1 Å². The lowest BCUT2D eigenvalue weighted by Crippen LogP contribution is -2.48. The molecule has 0 heterocycles. The molecule has 4 fully saturated rings. The number of methoxy groups -OCH3 is 1. The van der Waals surface area contributed by atoms with E-state index in [2.05, 4.69) is 11.4 Å². The highest BCUT2D eigenvalue weighted by molar-refractivity contribution is 7.94. The third kappa shape index (κ3) is 5.47. The van der Waals surface area contributed by atoms with Crippen molar-refractivity contribution in [3.63, 3.8) is 0 Å². The van der Waals surface area contributed by atoms with Crippen molar-refractivity contribution < 1.29 is 28.4 Å². The predicted octanol–water partition coefficient (Wildman–Crippen LogP) is 5.75. The fraction of sp³-hybridized carbons (Fsp3) is 0.500. The van der Waals surface area contributed by atoms with Gasteiger partial charge in [-0.15, -0.1) is 0 Å². The zero-order chi connectivity index (χ0) is 25.1. The first-order valence-electron chi connectivity index (χ1n) is 12.6. The van der Waals surface area contributed by atoms with E-state index in [0.717, 1.165) is 22.6 Å². The number of carboxylic acids is 1. The van der Waals surface area contributed by atoms with Gasteiger partial charge in [-0.05, 0) is 104 Å². The molecule has 2 aromatic carbocycles. The van der Waals surface area contributed by atoms with E-state index in [1.807, 2.05) is 12.1 Å². The van der Waals surface area contributed by atoms with Gasteiger partial charge in [0.15, 0.2) is 6.79 Å². The number of amides is 1. The standard InChI is InChI=1S/C28H33NO6S/c1-33-8-9-34-17-35-36-25-13-22(26(30)29-23-5-2-21(3-6-23)27(31)32)4-7-24(25)28-14-18-10-19(15-28)12-20(11-18)16-28/h2-7,13,18-20H,8-12,14-17H2,1H3,(H,29,30)(H,31,32). The second-order valence-electron chi connectivity index (χ2n) is 10.5. The number of rotatable bonds is 11. The van der Waals surface area contributed by atoms with Gasteiger partial charge in [0.25, 0.3) is 5.91 Å². The van der Waals surface area contributed by atoms with Gasteiger partial charge in [-0.3, -0.25) is 8.98 Å². The molecule has 4 aliphatic carbocycles. The van der Waals surface area contributed by atoms with Gasteiger partial charge in [-0.25, -0.2) is 4.79 Å². The second kappa shape index (κ2) is 10.9. The molecule has 4 aliphatic rings. The molecule has 0 unspecified atom stereocenters. The highest BCUT2D eigenvalue weighted by Crippen LogP contribution is 2.61. The van der Waals surface area contributed by atoms with Crippen LogP contribution in [0.25, 0.3) is 0 Å². The van der Waals surface area contributed by atoms with Crippen LogP contribution in [0.4, 0.5) is 5.69 Å². The van der Waals surface area contributed by atoms with E-state index >= 15 is 0 Å². The van der Waals surface area contributed by atoms with Crippen LogP contribution in [-0.4, -0.2) is 44.1 Å². The first-order valence-corrected chi connectivity index (χ1v) is 13.4. The Morgan fingerprint density at radius 3 is 2.22 bits per heavy atom. The molecule has 0 radical (unpaired) electrons. The molecule has 0 aliphatic heterocycles. The van der Waals surface area contributed by atoms with Gasteiger partial charge in [-0.1, -0.05) is 6.07 Å². The van der Waals surface area contributed by atoms with Crippen molar-refractivity contribution in [1.29, 1.82) is 0 Å². The quantitative estimate of drug-likeness (QED) is 0.225. The number of carboxylic acid groups (broad SMARTS) is 1. The lowest BCUT2D eigenvalue weighted by molar-refractivity contribution is -0.00719. The van der Waals surface area contributed by atoms with Crippen molar-refractivity contribution in [3.05, 3.63) is 59.2 Å². The van der Waals surface area contributed by atoms with E-state index in [1.54, 1.807) is 19.2 Å². The van der Waals surface area contributed by atoms with Crippen molar-refractivity contribution >= 4 is 29.6 Å². The molecule has 0 spiro atoms. The van der Waals surface area contributed by atoms with E-state index < -0.39 is 5.97 Å². The molecule has 1 amide bonds. The summed E-state index contributed by atoms with van der Waals surface area (Å²) in [4.78, 5) is 25.1. The maximum Gasteiger partial charge on any atom is 0.335 e. The lowest BCUT2D eigenvalue weighted by atomic mass is 9.48. The summed E-state index contributed by atoms with van der Waals surface area (Å²) in [6.07, 6.45) is 7.77. The Morgan fingerprint density at radius 2 is 1.61 bits per heavy atom. The van der Waals surface area contributed by atoms with Crippen LogP contribution in [-0.2, 0) is 19.1 Å². The van der Waals surface area contributed by atoms with Gasteiger partial charge >= 0.3 is 5.97 Å². The van der Waals surface area contributed by atoms with Crippen LogP contribution in [0.1, 0.15) is 64.8 Å². The largest absolute Gasteiger partial charge is 0.478 e. The Kier molecular flexibility index (Phi) is 7.67. The van der Waals surface area contributed by atoms with E-state index in [0.29, 0.717) is 24.5 Å². The number of hydrogen-bond donors (Lipinski definition) is 2. The summed E-state index contributed by atoms with van der Waals surface area (Å²) in [6.45, 7) is 1.11. The van der Waals surface area contributed by atoms with E-state index in [9.17, 15) is 9.59 Å². The molecule has 4 bridgehead atoms. The van der Waals surface area contributed by atoms with Gasteiger partial charge in [0.1, 0.15) is 0 Å². The van der Waals surface area contributed by atoms with Crippen LogP contribution in [0.15, 0.2) is 47.4 Å². The predicted molar refractivity (Wildman–Crippen MR) is 137 cm³/mol. The second-order valence-corrected chi connectivity index (χ2v) is 11.3. The maximum atomic E-state index is 13.1. The first-order chi connectivity index (χ1) is 17.5. The number of aromatic carboxylic acids is 1. The molecule has 192 valence electrons. The number of hydrogen-bond acceptors (Lipinski definition) is 6. The van der Waals surface area contributed by atoms with E-state index in [-0.39, 0.29) is 23.7 Å². The molecule has 0 saturated heterocycles. The third-order valence-corrected chi connectivity index (χ3v) is 8.69. The average molecular weight is 512 g/mol. The van der Waals surface area contributed by atoms with Crippen molar-refractivity contribution in [2.45, 2.75) is 48.8 Å². The maximum absolute atomic E-state index is 13.1. The molecule has 4 saturated carbocycles. The molecule has 8 heteroatoms. The third-order valence-electron chi connectivity index (χ3n) is 7.96. The Bertz CT molecular complexity index is 1070. The number of ether oxygens (including phenoxy) is 2. The van der Waals surface area contributed by atoms with Crippen LogP contribution in [0.2, 0.25) is 0 Å². The monoisotopic (exact) mass is 511 g/mol. The summed E-state index contributed by atoms with van der Waals surface area (Å²) < 4.78 is 16.3. The van der Waals surface area contributed by atoms with E-state index in [4.69, 9.17) is 18.8 Å². The highest BCUT2D eigenvalue weighted by Gasteiger charge is 2.52. The molecule has 2 aromatic rings.